The van der Waals surface area contributed by atoms with Crippen LogP contribution in [0, 0.1) is 18.3 Å². The van der Waals surface area contributed by atoms with Gasteiger partial charge in [0, 0.05) is 11.7 Å². The fraction of sp³-hybridized carbons (Fsp3) is 0.684. The highest BCUT2D eigenvalue weighted by Gasteiger charge is 2.31. The molecular weight excluding hydrogens is 338 g/mol. The second-order valence-corrected chi connectivity index (χ2v) is 8.44. The van der Waals surface area contributed by atoms with Crippen LogP contribution in [0.25, 0.3) is 5.65 Å². The van der Waals surface area contributed by atoms with Crippen molar-refractivity contribution in [3.8, 4) is 0 Å². The van der Waals surface area contributed by atoms with Gasteiger partial charge >= 0.3 is 0 Å². The van der Waals surface area contributed by atoms with E-state index in [4.69, 9.17) is 0 Å². The highest BCUT2D eigenvalue weighted by molar-refractivity contribution is 5.49. The predicted octanol–water partition coefficient (Wildman–Crippen LogP) is 4.16. The van der Waals surface area contributed by atoms with Gasteiger partial charge in [-0.3, -0.25) is 5.32 Å². The molecule has 0 bridgehead atoms. The van der Waals surface area contributed by atoms with Crippen molar-refractivity contribution in [3.63, 3.8) is 0 Å². The Hall–Kier alpha value is -1.60. The van der Waals surface area contributed by atoms with Crippen molar-refractivity contribution in [2.75, 3.05) is 0 Å². The molecule has 144 valence electrons. The maximum Gasteiger partial charge on any atom is 0.280 e. The number of fused-ring (bicyclic) bond motifs is 1. The molecule has 26 heavy (non-hydrogen) atoms. The summed E-state index contributed by atoms with van der Waals surface area (Å²) in [4.78, 5) is 4.00. The Balaban J connectivity index is 1.74. The van der Waals surface area contributed by atoms with E-state index in [1.807, 2.05) is 0 Å². The zero-order valence-corrected chi connectivity index (χ0v) is 15.8. The molecule has 0 saturated heterocycles. The van der Waals surface area contributed by atoms with E-state index in [0.29, 0.717) is 22.6 Å². The topological polar surface area (TPSA) is 62.5 Å². The molecule has 1 saturated carbocycles. The summed E-state index contributed by atoms with van der Waals surface area (Å²) in [5.41, 5.74) is 1.29. The van der Waals surface area contributed by atoms with E-state index < -0.39 is 12.7 Å². The first-order valence-electron chi connectivity index (χ1n) is 9.24. The second kappa shape index (κ2) is 7.19. The van der Waals surface area contributed by atoms with Crippen LogP contribution in [0.3, 0.4) is 0 Å². The smallest absolute Gasteiger partial charge is 0.280 e. The van der Waals surface area contributed by atoms with Gasteiger partial charge in [0.15, 0.2) is 5.65 Å². The van der Waals surface area contributed by atoms with E-state index in [1.54, 1.807) is 6.92 Å². The fourth-order valence-electron chi connectivity index (χ4n) is 3.90. The van der Waals surface area contributed by atoms with E-state index in [2.05, 4.69) is 36.2 Å². The number of hydrogen-bond acceptors (Lipinski definition) is 4. The average molecular weight is 366 g/mol. The minimum absolute atomic E-state index is 0.206. The van der Waals surface area contributed by atoms with Gasteiger partial charge in [0.05, 0.1) is 11.8 Å². The number of aliphatic hydroxyl groups excluding tert-OH is 1. The first kappa shape index (κ1) is 19.2. The lowest BCUT2D eigenvalue weighted by molar-refractivity contribution is 0.0939. The molecule has 3 rings (SSSR count). The minimum Gasteiger partial charge on any atom is -0.374 e. The van der Waals surface area contributed by atoms with Crippen LogP contribution < -0.4 is 5.32 Å². The number of aromatic nitrogens is 3. The Morgan fingerprint density at radius 2 is 1.88 bits per heavy atom. The summed E-state index contributed by atoms with van der Waals surface area (Å²) in [6, 6.07) is 1.53. The van der Waals surface area contributed by atoms with Crippen molar-refractivity contribution < 1.29 is 13.9 Å². The number of halogens is 2. The molecule has 1 aliphatic rings. The van der Waals surface area contributed by atoms with Gasteiger partial charge in [-0.05, 0) is 50.0 Å². The molecule has 0 aromatic carbocycles. The number of aliphatic hydroxyl groups is 1. The van der Waals surface area contributed by atoms with Gasteiger partial charge in [0.2, 0.25) is 0 Å². The van der Waals surface area contributed by atoms with Gasteiger partial charge in [-0.1, -0.05) is 20.8 Å². The minimum atomic E-state index is -2.65. The van der Waals surface area contributed by atoms with Crippen molar-refractivity contribution in [3.05, 3.63) is 29.2 Å². The first-order chi connectivity index (χ1) is 12.2. The largest absolute Gasteiger partial charge is 0.374 e. The van der Waals surface area contributed by atoms with E-state index >= 15 is 0 Å². The third kappa shape index (κ3) is 3.88. The lowest BCUT2D eigenvalue weighted by atomic mass is 9.71. The van der Waals surface area contributed by atoms with Gasteiger partial charge in [-0.2, -0.15) is 5.10 Å². The van der Waals surface area contributed by atoms with Gasteiger partial charge < -0.3 is 5.11 Å². The number of nitrogens with zero attached hydrogens (tertiary/aromatic N) is 3. The lowest BCUT2D eigenvalue weighted by Gasteiger charge is -2.37. The molecule has 2 heterocycles. The number of rotatable bonds is 4. The third-order valence-electron chi connectivity index (χ3n) is 5.56. The van der Waals surface area contributed by atoms with E-state index in [0.717, 1.165) is 25.7 Å². The molecule has 1 fully saturated rings. The van der Waals surface area contributed by atoms with Crippen molar-refractivity contribution in [1.29, 1.82) is 0 Å². The normalized spacial score (nSPS) is 22.9. The summed E-state index contributed by atoms with van der Waals surface area (Å²) in [5, 5.41) is 18.0. The van der Waals surface area contributed by atoms with E-state index in [-0.39, 0.29) is 17.4 Å². The maximum atomic E-state index is 13.0. The van der Waals surface area contributed by atoms with Crippen LogP contribution in [0.1, 0.15) is 76.1 Å². The third-order valence-corrected chi connectivity index (χ3v) is 5.56. The van der Waals surface area contributed by atoms with E-state index in [9.17, 15) is 13.9 Å². The van der Waals surface area contributed by atoms with Crippen molar-refractivity contribution in [2.45, 2.75) is 72.1 Å². The average Bonchev–Trinajstić information content (AvgIpc) is 2.99. The zero-order valence-electron chi connectivity index (χ0n) is 15.8. The van der Waals surface area contributed by atoms with Crippen molar-refractivity contribution in [2.24, 2.45) is 11.3 Å². The Kier molecular flexibility index (Phi) is 5.30. The summed E-state index contributed by atoms with van der Waals surface area (Å²) in [7, 11) is 0. The van der Waals surface area contributed by atoms with Crippen molar-refractivity contribution in [1.82, 2.24) is 19.9 Å². The molecule has 0 spiro atoms. The Morgan fingerprint density at radius 3 is 2.46 bits per heavy atom. The maximum absolute atomic E-state index is 13.0. The molecule has 0 amide bonds. The molecule has 1 aliphatic carbocycles. The summed E-state index contributed by atoms with van der Waals surface area (Å²) in [6.07, 6.45) is 2.11. The van der Waals surface area contributed by atoms with Crippen LogP contribution in [-0.4, -0.2) is 25.7 Å². The molecule has 1 atom stereocenters. The van der Waals surface area contributed by atoms with Crippen LogP contribution in [0.4, 0.5) is 8.78 Å². The van der Waals surface area contributed by atoms with Gasteiger partial charge in [0.25, 0.3) is 6.43 Å². The monoisotopic (exact) mass is 366 g/mol. The molecule has 1 unspecified atom stereocenters. The Morgan fingerprint density at radius 1 is 1.23 bits per heavy atom. The van der Waals surface area contributed by atoms with Crippen LogP contribution in [-0.2, 0) is 0 Å². The number of nitrogens with one attached hydrogen (secondary N) is 1. The van der Waals surface area contributed by atoms with Gasteiger partial charge in [-0.25, -0.2) is 18.3 Å². The highest BCUT2D eigenvalue weighted by Crippen LogP contribution is 2.38. The quantitative estimate of drug-likeness (QED) is 0.798. The Bertz CT molecular complexity index is 761. The van der Waals surface area contributed by atoms with Crippen LogP contribution in [0.2, 0.25) is 0 Å². The zero-order chi connectivity index (χ0) is 19.1. The summed E-state index contributed by atoms with van der Waals surface area (Å²) in [5.74, 6) is 0.688. The number of hydrogen-bond donors (Lipinski definition) is 2. The molecule has 2 N–H and O–H groups in total. The summed E-state index contributed by atoms with van der Waals surface area (Å²) in [6.45, 7) is 8.51. The fourth-order valence-corrected chi connectivity index (χ4v) is 3.90. The SMILES string of the molecule is Cc1cc(C(F)F)nc2c(C(O)NC3CCC(C(C)(C)C)CC3)cnn12. The second-order valence-electron chi connectivity index (χ2n) is 8.44. The summed E-state index contributed by atoms with van der Waals surface area (Å²) >= 11 is 0. The molecule has 2 aromatic heterocycles. The first-order valence-corrected chi connectivity index (χ1v) is 9.24. The molecule has 0 aliphatic heterocycles. The lowest BCUT2D eigenvalue weighted by Crippen LogP contribution is -2.38. The number of aryl methyl sites for hydroxylation is 1. The van der Waals surface area contributed by atoms with Gasteiger partial charge in [0.1, 0.15) is 11.9 Å². The molecule has 2 aromatic rings. The molecule has 5 nitrogen and oxygen atoms in total. The van der Waals surface area contributed by atoms with Gasteiger partial charge in [-0.15, -0.1) is 0 Å². The van der Waals surface area contributed by atoms with Crippen LogP contribution in [0.5, 0.6) is 0 Å². The molecule has 7 heteroatoms. The Labute approximate surface area is 152 Å². The van der Waals surface area contributed by atoms with Crippen LogP contribution in [0.15, 0.2) is 12.3 Å². The predicted molar refractivity (Wildman–Crippen MR) is 96.0 cm³/mol. The standard InChI is InChI=1S/C19H28F2N4O/c1-11-9-15(16(20)21)24-17-14(10-22-25(11)17)18(26)23-13-7-5-12(6-8-13)19(2,3)4/h9-10,12-13,16,18,23,26H,5-8H2,1-4H3. The highest BCUT2D eigenvalue weighted by atomic mass is 19.3. The molecular formula is C19H28F2N4O. The van der Waals surface area contributed by atoms with E-state index in [1.165, 1.54) is 16.8 Å². The van der Waals surface area contributed by atoms with Crippen molar-refractivity contribution >= 4 is 5.65 Å². The summed E-state index contributed by atoms with van der Waals surface area (Å²) < 4.78 is 27.6. The van der Waals surface area contributed by atoms with Crippen LogP contribution >= 0.6 is 0 Å². The molecule has 0 radical (unpaired) electrons. The number of alkyl halides is 2.